The summed E-state index contributed by atoms with van der Waals surface area (Å²) in [7, 11) is -4.65. The molecule has 1 N–H and O–H groups in total. The second-order valence-electron chi connectivity index (χ2n) is 14.6. The van der Waals surface area contributed by atoms with E-state index in [1.165, 1.54) is 83.7 Å². The third kappa shape index (κ3) is 15.4. The zero-order valence-electron chi connectivity index (χ0n) is 45.6. The van der Waals surface area contributed by atoms with Crippen LogP contribution >= 0.6 is 23.2 Å². The van der Waals surface area contributed by atoms with Crippen LogP contribution < -0.4 is 20.6 Å². The monoisotopic (exact) mass is 914 g/mol. The van der Waals surface area contributed by atoms with Crippen molar-refractivity contribution < 1.29 is 53.1 Å². The zero-order chi connectivity index (χ0) is 54.8. The minimum atomic E-state index is -4.65. The van der Waals surface area contributed by atoms with E-state index in [4.69, 9.17) is 63.7 Å². The van der Waals surface area contributed by atoms with Crippen molar-refractivity contribution >= 4 is 33.3 Å². The Hall–Kier alpha value is -4.61. The number of aromatic nitrogens is 4. The Morgan fingerprint density at radius 3 is 1.44 bits per heavy atom. The first-order chi connectivity index (χ1) is 32.6. The van der Waals surface area contributed by atoms with E-state index >= 15 is 0 Å². The lowest BCUT2D eigenvalue weighted by atomic mass is 10.1. The van der Waals surface area contributed by atoms with Crippen molar-refractivity contribution in [1.82, 2.24) is 19.6 Å². The number of rotatable bonds is 17. The van der Waals surface area contributed by atoms with Crippen LogP contribution in [-0.4, -0.2) is 59.3 Å². The van der Waals surface area contributed by atoms with Crippen LogP contribution in [0.1, 0.15) is 93.2 Å². The van der Waals surface area contributed by atoms with Gasteiger partial charge in [-0.2, -0.15) is 18.6 Å². The maximum Gasteiger partial charge on any atom is 0.297 e. The number of hydrogen-bond acceptors (Lipinski definition) is 12. The third-order valence-corrected chi connectivity index (χ3v) is 9.53. The fourth-order valence-corrected chi connectivity index (χ4v) is 5.67. The van der Waals surface area contributed by atoms with E-state index in [2.05, 4.69) is 14.4 Å². The molecule has 0 bridgehead atoms. The fourth-order valence-electron chi connectivity index (χ4n) is 4.62. The first kappa shape index (κ1) is 34.9. The van der Waals surface area contributed by atoms with Gasteiger partial charge in [0.25, 0.3) is 21.2 Å². The van der Waals surface area contributed by atoms with Gasteiger partial charge in [-0.1, -0.05) is 96.9 Å². The van der Waals surface area contributed by atoms with Gasteiger partial charge in [0, 0.05) is 0 Å². The van der Waals surface area contributed by atoms with Gasteiger partial charge in [0.05, 0.1) is 84.3 Å². The summed E-state index contributed by atoms with van der Waals surface area (Å²) in [5.41, 5.74) is -0.983. The average Bonchev–Trinajstić information content (AvgIpc) is 3.24. The molecule has 0 saturated carbocycles. The molecule has 2 aromatic heterocycles. The van der Waals surface area contributed by atoms with Gasteiger partial charge in [-0.05, 0) is 82.9 Å². The van der Waals surface area contributed by atoms with Gasteiger partial charge >= 0.3 is 0 Å². The van der Waals surface area contributed by atoms with Crippen molar-refractivity contribution in [2.24, 2.45) is 0 Å². The van der Waals surface area contributed by atoms with Gasteiger partial charge in [-0.25, -0.2) is 9.36 Å². The summed E-state index contributed by atoms with van der Waals surface area (Å²) in [6.07, 6.45) is 2.31. The lowest BCUT2D eigenvalue weighted by molar-refractivity contribution is 0.0815. The van der Waals surface area contributed by atoms with Crippen LogP contribution in [0.5, 0.6) is 11.5 Å². The fraction of sp³-hybridized carbons (Fsp3) is 0.409. The quantitative estimate of drug-likeness (QED) is 0.0899. The second kappa shape index (κ2) is 23.0. The molecule has 0 saturated heterocycles. The molecule has 332 valence electrons. The van der Waals surface area contributed by atoms with E-state index < -0.39 is 78.3 Å². The highest BCUT2D eigenvalue weighted by atomic mass is 35.5. The molecule has 0 atom stereocenters. The van der Waals surface area contributed by atoms with Crippen LogP contribution in [0.4, 0.5) is 0 Å². The number of aliphatic hydroxyl groups is 1. The van der Waals surface area contributed by atoms with Gasteiger partial charge < -0.3 is 24.1 Å². The molecule has 0 aliphatic rings. The van der Waals surface area contributed by atoms with Crippen molar-refractivity contribution in [2.75, 3.05) is 26.2 Å². The number of nitrogens with zero attached hydrogens (tertiary/aromatic N) is 4. The molecule has 17 heteroatoms. The van der Waals surface area contributed by atoms with E-state index in [0.717, 1.165) is 16.4 Å². The predicted molar refractivity (Wildman–Crippen MR) is 236 cm³/mol. The third-order valence-electron chi connectivity index (χ3n) is 7.68. The molecule has 0 unspecified atom stereocenters. The largest absolute Gasteiger partial charge is 0.485 e. The molecule has 0 amide bonds. The van der Waals surface area contributed by atoms with Crippen molar-refractivity contribution in [2.45, 2.75) is 98.2 Å². The normalized spacial score (nSPS) is 16.0. The standard InChI is InChI=1S/C25H29ClN2O6S.C18H23ClN2O4.CH4/c1-18-5-11-21(12-6-18)35(30,31)34-14-13-32-16-19-7-9-20(10-8-19)17-33-22-15-27-28(25(2,3)4)24(29)23(22)26;1-18(2,3)21-17(23)16(19)15(10-20-21)25-12-14-6-4-13(5-7-14)11-24-9-8-22;/h5-12,15H,13-14,16-17H2,1-4H3;4-7,10,22H,8-9,11-12H2,1-3H3;1H4/i13D2,14D2,17D2;8D2,9D2,12D2;. The van der Waals surface area contributed by atoms with E-state index in [1.807, 2.05) is 0 Å². The summed E-state index contributed by atoms with van der Waals surface area (Å²) < 4.78 is 146. The summed E-state index contributed by atoms with van der Waals surface area (Å²) in [4.78, 5) is 24.6. The van der Waals surface area contributed by atoms with Gasteiger partial charge in [0.15, 0.2) is 21.5 Å². The minimum Gasteiger partial charge on any atom is -0.485 e. The number of halogens is 2. The molecule has 0 aliphatic carbocycles. The van der Waals surface area contributed by atoms with Crippen molar-refractivity contribution in [3.05, 3.63) is 144 Å². The maximum absolute atomic E-state index is 12.5. The van der Waals surface area contributed by atoms with Gasteiger partial charge in [0.1, 0.15) is 13.1 Å². The van der Waals surface area contributed by atoms with Crippen LogP contribution in [0, 0.1) is 6.92 Å². The Bertz CT molecular complexity index is 2930. The Morgan fingerprint density at radius 1 is 0.656 bits per heavy atom. The maximum atomic E-state index is 12.5. The van der Waals surface area contributed by atoms with E-state index in [0.29, 0.717) is 11.1 Å². The van der Waals surface area contributed by atoms with E-state index in [-0.39, 0.29) is 51.6 Å². The van der Waals surface area contributed by atoms with Gasteiger partial charge in [-0.15, -0.1) is 0 Å². The lowest BCUT2D eigenvalue weighted by Gasteiger charge is -2.21. The Balaban J connectivity index is 0.000000395. The van der Waals surface area contributed by atoms with Crippen LogP contribution in [0.2, 0.25) is 10.0 Å². The summed E-state index contributed by atoms with van der Waals surface area (Å²) >= 11 is 12.2. The summed E-state index contributed by atoms with van der Waals surface area (Å²) in [6.45, 7) is -6.11. The number of aryl methyl sites for hydroxylation is 1. The van der Waals surface area contributed by atoms with Crippen LogP contribution in [0.25, 0.3) is 0 Å². The smallest absolute Gasteiger partial charge is 0.297 e. The lowest BCUT2D eigenvalue weighted by Crippen LogP contribution is -2.36. The van der Waals surface area contributed by atoms with Crippen molar-refractivity contribution in [3.63, 3.8) is 0 Å². The Labute approximate surface area is 384 Å². The van der Waals surface area contributed by atoms with Crippen molar-refractivity contribution in [1.29, 1.82) is 0 Å². The molecule has 0 fully saturated rings. The Morgan fingerprint density at radius 2 is 1.05 bits per heavy atom. The highest BCUT2D eigenvalue weighted by molar-refractivity contribution is 7.86. The van der Waals surface area contributed by atoms with Crippen LogP contribution in [0.15, 0.2) is 99.7 Å². The predicted octanol–water partition coefficient (Wildman–Crippen LogP) is 7.84. The highest BCUT2D eigenvalue weighted by Gasteiger charge is 2.21. The summed E-state index contributed by atoms with van der Waals surface area (Å²) in [5.74, 6) is -0.478. The number of ether oxygens (including phenoxy) is 4. The van der Waals surface area contributed by atoms with E-state index in [9.17, 15) is 18.0 Å². The molecule has 14 nitrogen and oxygen atoms in total. The average molecular weight is 916 g/mol. The molecule has 0 radical (unpaired) electrons. The first-order valence-corrected chi connectivity index (χ1v) is 19.9. The topological polar surface area (TPSA) is 170 Å². The molecule has 0 spiro atoms. The first-order valence-electron chi connectivity index (χ1n) is 23.8. The number of hydrogen-bond donors (Lipinski definition) is 1. The van der Waals surface area contributed by atoms with Crippen LogP contribution in [0.3, 0.4) is 0 Å². The van der Waals surface area contributed by atoms with E-state index in [1.54, 1.807) is 48.5 Å². The number of benzene rings is 3. The molecule has 5 aromatic rings. The zero-order valence-corrected chi connectivity index (χ0v) is 35.9. The Kier molecular flexibility index (Phi) is 13.2. The SMILES string of the molecule is C.[2H]C([2H])(Oc1cnn(C(C)(C)C)c(=O)c1Cl)c1ccc(COC([2H])([2H])C([2H])([2H])O)cc1.[2H]C([2H])(Oc1cnn(C(C)(C)C)c(=O)c1Cl)c1ccc(COC([2H])([2H])C([2H])([2H])OS(=O)(=O)c2ccc(C)cc2)cc1. The highest BCUT2D eigenvalue weighted by Crippen LogP contribution is 2.23. The molecular formula is C44H56Cl2N4O10S. The molecule has 0 aliphatic heterocycles. The molecule has 3 aromatic carbocycles. The van der Waals surface area contributed by atoms with Crippen molar-refractivity contribution in [3.8, 4) is 11.5 Å². The molecule has 5 rings (SSSR count). The van der Waals surface area contributed by atoms with Gasteiger partial charge in [-0.3, -0.25) is 13.8 Å². The summed E-state index contributed by atoms with van der Waals surface area (Å²) in [6, 6.07) is 16.4. The minimum absolute atomic E-state index is 0. The molecule has 61 heavy (non-hydrogen) atoms. The summed E-state index contributed by atoms with van der Waals surface area (Å²) in [5, 5.41) is 16.5. The van der Waals surface area contributed by atoms with Crippen LogP contribution in [-0.2, 0) is 61.2 Å². The van der Waals surface area contributed by atoms with Gasteiger partial charge in [0.2, 0.25) is 0 Å². The molecular weight excluding hydrogens is 847 g/mol. The second-order valence-corrected chi connectivity index (χ2v) is 16.9. The molecule has 2 heterocycles.